The van der Waals surface area contributed by atoms with Gasteiger partial charge in [0.1, 0.15) is 0 Å². The van der Waals surface area contributed by atoms with E-state index >= 15 is 0 Å². The molecule has 0 aromatic rings. The van der Waals surface area contributed by atoms with Crippen LogP contribution < -0.4 is 5.32 Å². The van der Waals surface area contributed by atoms with Gasteiger partial charge in [-0.3, -0.25) is 4.79 Å². The number of carbonyl (C=O) groups excluding carboxylic acids is 1. The summed E-state index contributed by atoms with van der Waals surface area (Å²) < 4.78 is 9.89. The Kier molecular flexibility index (Phi) is 4.71. The minimum Gasteiger partial charge on any atom is -0.377 e. The van der Waals surface area contributed by atoms with Crippen LogP contribution in [0.3, 0.4) is 0 Å². The van der Waals surface area contributed by atoms with Crippen molar-refractivity contribution < 1.29 is 14.3 Å². The molecule has 0 radical (unpaired) electrons. The fraction of sp³-hybridized carbons (Fsp3) is 0.875. The van der Waals surface area contributed by atoms with Gasteiger partial charge < -0.3 is 14.8 Å². The summed E-state index contributed by atoms with van der Waals surface area (Å²) in [4.78, 5) is 10.1. The van der Waals surface area contributed by atoms with Gasteiger partial charge in [0.25, 0.3) is 0 Å². The van der Waals surface area contributed by atoms with Crippen molar-refractivity contribution in [2.24, 2.45) is 0 Å². The summed E-state index contributed by atoms with van der Waals surface area (Å²) in [6.45, 7) is 4.00. The summed E-state index contributed by atoms with van der Waals surface area (Å²) in [6, 6.07) is 0. The van der Waals surface area contributed by atoms with Gasteiger partial charge in [-0.2, -0.15) is 0 Å². The second-order valence-electron chi connectivity index (χ2n) is 2.68. The number of carbonyl (C=O) groups is 1. The summed E-state index contributed by atoms with van der Waals surface area (Å²) in [5, 5.41) is 2.68. The average Bonchev–Trinajstić information content (AvgIpc) is 2.60. The molecule has 2 fully saturated rings. The quantitative estimate of drug-likeness (QED) is 0.558. The van der Waals surface area contributed by atoms with Crippen molar-refractivity contribution in [2.45, 2.75) is 12.8 Å². The summed E-state index contributed by atoms with van der Waals surface area (Å²) >= 11 is 0. The van der Waals surface area contributed by atoms with Crippen LogP contribution in [0.5, 0.6) is 0 Å². The van der Waals surface area contributed by atoms with Crippen molar-refractivity contribution in [3.63, 3.8) is 0 Å². The SMILES string of the molecule is C1COCCO1.O=C1CCCN1. The molecule has 0 aromatic heterocycles. The normalized spacial score (nSPS) is 22.5. The van der Waals surface area contributed by atoms with Crippen LogP contribution >= 0.6 is 0 Å². The van der Waals surface area contributed by atoms with Gasteiger partial charge in [0, 0.05) is 13.0 Å². The minimum atomic E-state index is 0.204. The largest absolute Gasteiger partial charge is 0.377 e. The highest BCUT2D eigenvalue weighted by Crippen LogP contribution is 1.93. The highest BCUT2D eigenvalue weighted by Gasteiger charge is 2.05. The molecule has 70 valence electrons. The van der Waals surface area contributed by atoms with Gasteiger partial charge in [0.2, 0.25) is 5.91 Å². The average molecular weight is 173 g/mol. The zero-order valence-electron chi connectivity index (χ0n) is 7.17. The lowest BCUT2D eigenvalue weighted by atomic mass is 10.4. The minimum absolute atomic E-state index is 0.204. The Balaban J connectivity index is 0.000000120. The highest BCUT2D eigenvalue weighted by molar-refractivity contribution is 5.77. The Labute approximate surface area is 72.2 Å². The standard InChI is InChI=1S/C4H7NO.C4H8O2/c6-4-2-1-3-5-4;1-2-6-4-3-5-1/h1-3H2,(H,5,6);1-4H2. The monoisotopic (exact) mass is 173 g/mol. The van der Waals surface area contributed by atoms with Crippen molar-refractivity contribution >= 4 is 5.91 Å². The number of rotatable bonds is 0. The Morgan fingerprint density at radius 2 is 1.67 bits per heavy atom. The summed E-state index contributed by atoms with van der Waals surface area (Å²) in [6.07, 6.45) is 1.76. The Morgan fingerprint density at radius 3 is 1.83 bits per heavy atom. The maximum Gasteiger partial charge on any atom is 0.220 e. The van der Waals surface area contributed by atoms with Crippen LogP contribution in [0.25, 0.3) is 0 Å². The predicted molar refractivity (Wildman–Crippen MR) is 43.9 cm³/mol. The van der Waals surface area contributed by atoms with Gasteiger partial charge in [-0.05, 0) is 6.42 Å². The Bertz CT molecular complexity index is 115. The molecule has 2 aliphatic rings. The molecule has 2 saturated heterocycles. The lowest BCUT2D eigenvalue weighted by Gasteiger charge is -2.09. The van der Waals surface area contributed by atoms with E-state index in [4.69, 9.17) is 9.47 Å². The first-order valence-corrected chi connectivity index (χ1v) is 4.32. The predicted octanol–water partition coefficient (Wildman–Crippen LogP) is -0.0704. The Morgan fingerprint density at radius 1 is 1.08 bits per heavy atom. The van der Waals surface area contributed by atoms with E-state index < -0.39 is 0 Å². The van der Waals surface area contributed by atoms with E-state index in [1.54, 1.807) is 0 Å². The van der Waals surface area contributed by atoms with Gasteiger partial charge in [0.05, 0.1) is 26.4 Å². The molecule has 0 saturated carbocycles. The second kappa shape index (κ2) is 5.97. The number of amides is 1. The third kappa shape index (κ3) is 4.31. The van der Waals surface area contributed by atoms with Crippen LogP contribution in [0.4, 0.5) is 0 Å². The highest BCUT2D eigenvalue weighted by atomic mass is 16.6. The van der Waals surface area contributed by atoms with Crippen LogP contribution in [0.15, 0.2) is 0 Å². The second-order valence-corrected chi connectivity index (χ2v) is 2.68. The van der Waals surface area contributed by atoms with E-state index in [1.165, 1.54) is 0 Å². The summed E-state index contributed by atoms with van der Waals surface area (Å²) in [5.41, 5.74) is 0. The van der Waals surface area contributed by atoms with E-state index in [0.717, 1.165) is 45.8 Å². The third-order valence-electron chi connectivity index (χ3n) is 1.65. The molecule has 1 N–H and O–H groups in total. The number of nitrogens with one attached hydrogen (secondary N) is 1. The van der Waals surface area contributed by atoms with Gasteiger partial charge in [-0.15, -0.1) is 0 Å². The van der Waals surface area contributed by atoms with Gasteiger partial charge in [-0.1, -0.05) is 0 Å². The first kappa shape index (κ1) is 9.48. The van der Waals surface area contributed by atoms with E-state index in [1.807, 2.05) is 0 Å². The molecule has 0 bridgehead atoms. The lowest BCUT2D eigenvalue weighted by Crippen LogP contribution is -2.16. The van der Waals surface area contributed by atoms with E-state index in [2.05, 4.69) is 5.32 Å². The topological polar surface area (TPSA) is 47.6 Å². The molecule has 0 spiro atoms. The van der Waals surface area contributed by atoms with Crippen molar-refractivity contribution in [3.8, 4) is 0 Å². The van der Waals surface area contributed by atoms with Crippen LogP contribution in [0.2, 0.25) is 0 Å². The molecule has 0 atom stereocenters. The van der Waals surface area contributed by atoms with Crippen LogP contribution in [-0.4, -0.2) is 38.9 Å². The van der Waals surface area contributed by atoms with Crippen molar-refractivity contribution in [2.75, 3.05) is 33.0 Å². The van der Waals surface area contributed by atoms with Gasteiger partial charge in [0.15, 0.2) is 0 Å². The van der Waals surface area contributed by atoms with Crippen molar-refractivity contribution in [1.82, 2.24) is 5.32 Å². The van der Waals surface area contributed by atoms with E-state index in [0.29, 0.717) is 0 Å². The number of hydrogen-bond donors (Lipinski definition) is 1. The molecular formula is C8H15NO3. The summed E-state index contributed by atoms with van der Waals surface area (Å²) in [5.74, 6) is 0.204. The molecule has 2 aliphatic heterocycles. The van der Waals surface area contributed by atoms with Crippen LogP contribution in [-0.2, 0) is 14.3 Å². The van der Waals surface area contributed by atoms with E-state index in [9.17, 15) is 4.79 Å². The van der Waals surface area contributed by atoms with Crippen LogP contribution in [0.1, 0.15) is 12.8 Å². The molecule has 2 rings (SSSR count). The molecule has 4 nitrogen and oxygen atoms in total. The van der Waals surface area contributed by atoms with Crippen LogP contribution in [0, 0.1) is 0 Å². The molecule has 0 unspecified atom stereocenters. The van der Waals surface area contributed by atoms with E-state index in [-0.39, 0.29) is 5.91 Å². The maximum absolute atomic E-state index is 10.1. The molecule has 0 aromatic carbocycles. The van der Waals surface area contributed by atoms with Gasteiger partial charge >= 0.3 is 0 Å². The van der Waals surface area contributed by atoms with Crippen molar-refractivity contribution in [3.05, 3.63) is 0 Å². The third-order valence-corrected chi connectivity index (χ3v) is 1.65. The van der Waals surface area contributed by atoms with Gasteiger partial charge in [-0.25, -0.2) is 0 Å². The first-order chi connectivity index (χ1) is 5.89. The lowest BCUT2D eigenvalue weighted by molar-refractivity contribution is -0.119. The molecule has 12 heavy (non-hydrogen) atoms. The molecule has 1 amide bonds. The smallest absolute Gasteiger partial charge is 0.220 e. The fourth-order valence-electron chi connectivity index (χ4n) is 1.00. The molecular weight excluding hydrogens is 158 g/mol. The van der Waals surface area contributed by atoms with Crippen molar-refractivity contribution in [1.29, 1.82) is 0 Å². The fourth-order valence-corrected chi connectivity index (χ4v) is 1.00. The zero-order chi connectivity index (χ0) is 8.65. The molecule has 0 aliphatic carbocycles. The maximum atomic E-state index is 10.1. The molecule has 2 heterocycles. The number of hydrogen-bond acceptors (Lipinski definition) is 3. The number of ether oxygens (including phenoxy) is 2. The molecule has 4 heteroatoms. The zero-order valence-corrected chi connectivity index (χ0v) is 7.17. The summed E-state index contributed by atoms with van der Waals surface area (Å²) in [7, 11) is 0. The first-order valence-electron chi connectivity index (χ1n) is 4.32. The Hall–Kier alpha value is -0.610.